The van der Waals surface area contributed by atoms with Crippen LogP contribution in [0.15, 0.2) is 22.7 Å². The Morgan fingerprint density at radius 3 is 2.87 bits per heavy atom. The van der Waals surface area contributed by atoms with Crippen molar-refractivity contribution in [3.63, 3.8) is 0 Å². The average Bonchev–Trinajstić information content (AvgIpc) is 2.21. The number of hydrazine groups is 1. The van der Waals surface area contributed by atoms with E-state index in [9.17, 15) is 4.39 Å². The molecule has 4 heteroatoms. The SMILES string of the molecule is CC#CCC(NN)c1ccc(Br)cc1F. The highest BCUT2D eigenvalue weighted by Crippen LogP contribution is 2.22. The third kappa shape index (κ3) is 3.31. The van der Waals surface area contributed by atoms with Gasteiger partial charge in [0.1, 0.15) is 5.82 Å². The van der Waals surface area contributed by atoms with Crippen LogP contribution in [0.25, 0.3) is 0 Å². The molecule has 0 amide bonds. The Morgan fingerprint density at radius 2 is 2.33 bits per heavy atom. The van der Waals surface area contributed by atoms with Gasteiger partial charge in [0.15, 0.2) is 0 Å². The largest absolute Gasteiger partial charge is 0.271 e. The van der Waals surface area contributed by atoms with Gasteiger partial charge in [-0.25, -0.2) is 4.39 Å². The van der Waals surface area contributed by atoms with Crippen molar-refractivity contribution in [3.05, 3.63) is 34.1 Å². The molecule has 15 heavy (non-hydrogen) atoms. The number of rotatable bonds is 3. The second-order valence-electron chi connectivity index (χ2n) is 3.02. The van der Waals surface area contributed by atoms with Crippen molar-refractivity contribution in [2.24, 2.45) is 5.84 Å². The number of benzene rings is 1. The fourth-order valence-corrected chi connectivity index (χ4v) is 1.58. The molecule has 0 spiro atoms. The van der Waals surface area contributed by atoms with E-state index in [4.69, 9.17) is 5.84 Å². The zero-order valence-electron chi connectivity index (χ0n) is 8.35. The Hall–Kier alpha value is -0.890. The van der Waals surface area contributed by atoms with Crippen LogP contribution in [0.2, 0.25) is 0 Å². The summed E-state index contributed by atoms with van der Waals surface area (Å²) in [7, 11) is 0. The van der Waals surface area contributed by atoms with Crippen molar-refractivity contribution in [2.45, 2.75) is 19.4 Å². The van der Waals surface area contributed by atoms with E-state index >= 15 is 0 Å². The molecule has 0 saturated carbocycles. The average molecular weight is 271 g/mol. The van der Waals surface area contributed by atoms with E-state index in [0.717, 1.165) is 0 Å². The molecule has 1 aromatic rings. The van der Waals surface area contributed by atoms with E-state index in [0.29, 0.717) is 16.5 Å². The van der Waals surface area contributed by atoms with E-state index in [1.165, 1.54) is 6.07 Å². The summed E-state index contributed by atoms with van der Waals surface area (Å²) in [6, 6.07) is 4.62. The third-order valence-corrected chi connectivity index (χ3v) is 2.52. The first-order chi connectivity index (χ1) is 7.19. The van der Waals surface area contributed by atoms with Gasteiger partial charge in [0.2, 0.25) is 0 Å². The zero-order valence-corrected chi connectivity index (χ0v) is 9.94. The second-order valence-corrected chi connectivity index (χ2v) is 3.93. The summed E-state index contributed by atoms with van der Waals surface area (Å²) >= 11 is 3.20. The molecule has 2 nitrogen and oxygen atoms in total. The molecular formula is C11H12BrFN2. The lowest BCUT2D eigenvalue weighted by Crippen LogP contribution is -2.28. The molecule has 3 N–H and O–H groups in total. The first-order valence-corrected chi connectivity index (χ1v) is 5.29. The quantitative estimate of drug-likeness (QED) is 0.503. The van der Waals surface area contributed by atoms with Crippen LogP contribution >= 0.6 is 15.9 Å². The van der Waals surface area contributed by atoms with Gasteiger partial charge < -0.3 is 0 Å². The molecule has 1 unspecified atom stereocenters. The number of halogens is 2. The maximum Gasteiger partial charge on any atom is 0.129 e. The molecule has 0 aliphatic heterocycles. The number of hydrogen-bond donors (Lipinski definition) is 2. The lowest BCUT2D eigenvalue weighted by molar-refractivity contribution is 0.520. The van der Waals surface area contributed by atoms with Crippen LogP contribution in [-0.4, -0.2) is 0 Å². The van der Waals surface area contributed by atoms with Gasteiger partial charge in [0.25, 0.3) is 0 Å². The molecule has 0 saturated heterocycles. The fourth-order valence-electron chi connectivity index (χ4n) is 1.25. The summed E-state index contributed by atoms with van der Waals surface area (Å²) in [5.74, 6) is 10.7. The normalized spacial score (nSPS) is 11.7. The highest BCUT2D eigenvalue weighted by molar-refractivity contribution is 9.10. The molecule has 0 aliphatic rings. The lowest BCUT2D eigenvalue weighted by Gasteiger charge is -2.14. The van der Waals surface area contributed by atoms with Crippen molar-refractivity contribution in [1.82, 2.24) is 5.43 Å². The zero-order chi connectivity index (χ0) is 11.3. The number of nitrogens with two attached hydrogens (primary N) is 1. The Labute approximate surface area is 97.1 Å². The lowest BCUT2D eigenvalue weighted by atomic mass is 10.0. The molecule has 1 aromatic carbocycles. The molecule has 0 radical (unpaired) electrons. The van der Waals surface area contributed by atoms with Crippen LogP contribution in [0.1, 0.15) is 24.9 Å². The Balaban J connectivity index is 2.94. The summed E-state index contributed by atoms with van der Waals surface area (Å²) in [6.07, 6.45) is 0.492. The third-order valence-electron chi connectivity index (χ3n) is 2.02. The first kappa shape index (κ1) is 12.2. The van der Waals surface area contributed by atoms with Crippen molar-refractivity contribution in [1.29, 1.82) is 0 Å². The van der Waals surface area contributed by atoms with Crippen LogP contribution in [0.4, 0.5) is 4.39 Å². The van der Waals surface area contributed by atoms with Gasteiger partial charge >= 0.3 is 0 Å². The Bertz CT molecular complexity index is 395. The molecule has 1 atom stereocenters. The monoisotopic (exact) mass is 270 g/mol. The summed E-state index contributed by atoms with van der Waals surface area (Å²) in [4.78, 5) is 0. The smallest absolute Gasteiger partial charge is 0.129 e. The number of hydrogen-bond acceptors (Lipinski definition) is 2. The van der Waals surface area contributed by atoms with Crippen molar-refractivity contribution >= 4 is 15.9 Å². The maximum atomic E-state index is 13.5. The summed E-state index contributed by atoms with van der Waals surface area (Å²) in [5.41, 5.74) is 3.09. The number of nitrogens with one attached hydrogen (secondary N) is 1. The van der Waals surface area contributed by atoms with Gasteiger partial charge in [0, 0.05) is 16.5 Å². The highest BCUT2D eigenvalue weighted by Gasteiger charge is 2.13. The van der Waals surface area contributed by atoms with Crippen molar-refractivity contribution < 1.29 is 4.39 Å². The minimum absolute atomic E-state index is 0.273. The Kier molecular flexibility index (Phi) is 4.76. The predicted octanol–water partition coefficient (Wildman–Crippen LogP) is 2.51. The fraction of sp³-hybridized carbons (Fsp3) is 0.273. The van der Waals surface area contributed by atoms with Crippen LogP contribution in [0.3, 0.4) is 0 Å². The molecule has 0 aliphatic carbocycles. The van der Waals surface area contributed by atoms with Gasteiger partial charge in [-0.05, 0) is 19.1 Å². The first-order valence-electron chi connectivity index (χ1n) is 4.49. The van der Waals surface area contributed by atoms with E-state index in [-0.39, 0.29) is 11.9 Å². The summed E-state index contributed by atoms with van der Waals surface area (Å²) in [6.45, 7) is 1.74. The molecule has 80 valence electrons. The van der Waals surface area contributed by atoms with Crippen LogP contribution in [0, 0.1) is 17.7 Å². The van der Waals surface area contributed by atoms with E-state index < -0.39 is 0 Å². The van der Waals surface area contributed by atoms with Crippen LogP contribution in [0.5, 0.6) is 0 Å². The molecule has 1 rings (SSSR count). The minimum Gasteiger partial charge on any atom is -0.271 e. The molecule has 0 fully saturated rings. The highest BCUT2D eigenvalue weighted by atomic mass is 79.9. The second kappa shape index (κ2) is 5.86. The van der Waals surface area contributed by atoms with Crippen molar-refractivity contribution in [3.8, 4) is 11.8 Å². The van der Waals surface area contributed by atoms with Gasteiger partial charge in [0.05, 0.1) is 6.04 Å². The predicted molar refractivity (Wildman–Crippen MR) is 62.2 cm³/mol. The summed E-state index contributed by atoms with van der Waals surface area (Å²) < 4.78 is 14.3. The molecular weight excluding hydrogens is 259 g/mol. The van der Waals surface area contributed by atoms with Gasteiger partial charge in [-0.3, -0.25) is 11.3 Å². The van der Waals surface area contributed by atoms with Gasteiger partial charge in [-0.1, -0.05) is 22.0 Å². The van der Waals surface area contributed by atoms with E-state index in [1.807, 2.05) is 0 Å². The van der Waals surface area contributed by atoms with Crippen LogP contribution in [-0.2, 0) is 0 Å². The standard InChI is InChI=1S/C11H12BrFN2/c1-2-3-4-11(15-14)9-6-5-8(12)7-10(9)13/h5-7,11,15H,4,14H2,1H3. The van der Waals surface area contributed by atoms with Gasteiger partial charge in [-0.15, -0.1) is 11.8 Å². The van der Waals surface area contributed by atoms with E-state index in [2.05, 4.69) is 33.2 Å². The summed E-state index contributed by atoms with van der Waals surface area (Å²) in [5, 5.41) is 0. The topological polar surface area (TPSA) is 38.0 Å². The molecule has 0 bridgehead atoms. The van der Waals surface area contributed by atoms with E-state index in [1.54, 1.807) is 19.1 Å². The van der Waals surface area contributed by atoms with Crippen LogP contribution < -0.4 is 11.3 Å². The molecule has 0 heterocycles. The Morgan fingerprint density at radius 1 is 1.60 bits per heavy atom. The maximum absolute atomic E-state index is 13.5. The van der Waals surface area contributed by atoms with Gasteiger partial charge in [-0.2, -0.15) is 0 Å². The van der Waals surface area contributed by atoms with Crippen molar-refractivity contribution in [2.75, 3.05) is 0 Å². The molecule has 0 aromatic heterocycles. The minimum atomic E-state index is -0.287.